The lowest BCUT2D eigenvalue weighted by Crippen LogP contribution is -2.60. The number of unbranched alkanes of at least 4 members (excludes halogenated alkanes) is 1. The van der Waals surface area contributed by atoms with Gasteiger partial charge in [0.05, 0.1) is 12.6 Å². The fraction of sp³-hybridized carbons (Fsp3) is 0.900. The van der Waals surface area contributed by atoms with Crippen molar-refractivity contribution in [2.75, 3.05) is 19.7 Å². The van der Waals surface area contributed by atoms with Crippen LogP contribution in [0.4, 0.5) is 4.79 Å². The zero-order valence-corrected chi connectivity index (χ0v) is 8.66. The van der Waals surface area contributed by atoms with Crippen LogP contribution in [-0.2, 0) is 4.74 Å². The zero-order valence-electron chi connectivity index (χ0n) is 8.66. The summed E-state index contributed by atoms with van der Waals surface area (Å²) < 4.78 is 5.18. The van der Waals surface area contributed by atoms with E-state index in [1.807, 2.05) is 4.90 Å². The van der Waals surface area contributed by atoms with E-state index in [9.17, 15) is 4.79 Å². The van der Waals surface area contributed by atoms with E-state index >= 15 is 0 Å². The number of nitrogens with one attached hydrogen (secondary N) is 1. The zero-order chi connectivity index (χ0) is 9.97. The predicted molar refractivity (Wildman–Crippen MR) is 53.2 cm³/mol. The van der Waals surface area contributed by atoms with Gasteiger partial charge >= 0.3 is 6.09 Å². The average molecular weight is 198 g/mol. The normalized spacial score (nSPS) is 29.6. The van der Waals surface area contributed by atoms with Crippen LogP contribution in [0.3, 0.4) is 0 Å². The minimum atomic E-state index is -0.118. The van der Waals surface area contributed by atoms with Crippen LogP contribution >= 0.6 is 0 Å². The number of hydrogen-bond donors (Lipinski definition) is 1. The molecule has 2 rings (SSSR count). The number of fused-ring (bicyclic) bond motifs is 1. The van der Waals surface area contributed by atoms with Gasteiger partial charge in [-0.05, 0) is 12.8 Å². The Hall–Kier alpha value is -0.770. The van der Waals surface area contributed by atoms with Crippen molar-refractivity contribution in [2.45, 2.75) is 38.3 Å². The van der Waals surface area contributed by atoms with E-state index in [0.717, 1.165) is 32.4 Å². The van der Waals surface area contributed by atoms with Crippen LogP contribution in [0, 0.1) is 0 Å². The molecular formula is C10H18N2O2. The summed E-state index contributed by atoms with van der Waals surface area (Å²) in [4.78, 5) is 13.5. The standard InChI is InChI=1S/C10H18N2O2/c1-2-3-6-14-10(13)12-5-4-8-9(12)7-11-8/h8-9,11H,2-7H2,1H3/t8-,9-/m1/s1. The average Bonchev–Trinajstić information content (AvgIpc) is 2.42. The van der Waals surface area contributed by atoms with Gasteiger partial charge in [-0.15, -0.1) is 0 Å². The molecule has 14 heavy (non-hydrogen) atoms. The maximum atomic E-state index is 11.6. The summed E-state index contributed by atoms with van der Waals surface area (Å²) in [6.45, 7) is 4.45. The van der Waals surface area contributed by atoms with E-state index in [2.05, 4.69) is 12.2 Å². The highest BCUT2D eigenvalue weighted by molar-refractivity contribution is 5.69. The summed E-state index contributed by atoms with van der Waals surface area (Å²) in [5.74, 6) is 0. The fourth-order valence-electron chi connectivity index (χ4n) is 2.07. The molecule has 2 heterocycles. The molecule has 0 aliphatic carbocycles. The summed E-state index contributed by atoms with van der Waals surface area (Å²) in [6, 6.07) is 0.942. The minimum absolute atomic E-state index is 0.118. The molecule has 0 aromatic rings. The van der Waals surface area contributed by atoms with Crippen molar-refractivity contribution in [3.8, 4) is 0 Å². The first-order valence-corrected chi connectivity index (χ1v) is 5.49. The molecule has 4 nitrogen and oxygen atoms in total. The van der Waals surface area contributed by atoms with Gasteiger partial charge in [0.1, 0.15) is 0 Å². The Morgan fingerprint density at radius 1 is 1.64 bits per heavy atom. The molecule has 0 aromatic heterocycles. The predicted octanol–water partition coefficient (Wildman–Crippen LogP) is 0.969. The number of rotatable bonds is 3. The Labute approximate surface area is 84.6 Å². The maximum absolute atomic E-state index is 11.6. The SMILES string of the molecule is CCCCOC(=O)N1CC[C@H]2NC[C@H]21. The van der Waals surface area contributed by atoms with Gasteiger partial charge in [0, 0.05) is 19.1 Å². The number of carbonyl (C=O) groups excluding carboxylic acids is 1. The molecule has 4 heteroatoms. The summed E-state index contributed by atoms with van der Waals surface area (Å²) >= 11 is 0. The van der Waals surface area contributed by atoms with Crippen LogP contribution in [0.25, 0.3) is 0 Å². The summed E-state index contributed by atoms with van der Waals surface area (Å²) in [6.07, 6.45) is 2.99. The van der Waals surface area contributed by atoms with E-state index in [1.165, 1.54) is 0 Å². The number of likely N-dealkylation sites (tertiary alicyclic amines) is 1. The quantitative estimate of drug-likeness (QED) is 0.687. The van der Waals surface area contributed by atoms with E-state index < -0.39 is 0 Å². The molecule has 2 saturated heterocycles. The van der Waals surface area contributed by atoms with Gasteiger partial charge in [0.15, 0.2) is 0 Å². The molecule has 80 valence electrons. The first-order valence-electron chi connectivity index (χ1n) is 5.49. The molecule has 1 N–H and O–H groups in total. The van der Waals surface area contributed by atoms with Gasteiger partial charge in [-0.2, -0.15) is 0 Å². The Morgan fingerprint density at radius 3 is 3.07 bits per heavy atom. The Bertz CT molecular complexity index is 220. The molecule has 0 radical (unpaired) electrons. The van der Waals surface area contributed by atoms with Gasteiger partial charge in [0.25, 0.3) is 0 Å². The lowest BCUT2D eigenvalue weighted by Gasteiger charge is -2.36. The number of nitrogens with zero attached hydrogens (tertiary/aromatic N) is 1. The molecule has 2 aliphatic rings. The van der Waals surface area contributed by atoms with Gasteiger partial charge in [0.2, 0.25) is 0 Å². The Balaban J connectivity index is 1.74. The summed E-state index contributed by atoms with van der Waals surface area (Å²) in [5.41, 5.74) is 0. The van der Waals surface area contributed by atoms with E-state index in [4.69, 9.17) is 4.74 Å². The molecule has 2 aliphatic heterocycles. The van der Waals surface area contributed by atoms with Crippen LogP contribution in [-0.4, -0.2) is 42.8 Å². The van der Waals surface area contributed by atoms with E-state index in [1.54, 1.807) is 0 Å². The van der Waals surface area contributed by atoms with Gasteiger partial charge < -0.3 is 15.0 Å². The third-order valence-corrected chi connectivity index (χ3v) is 3.09. The minimum Gasteiger partial charge on any atom is -0.449 e. The van der Waals surface area contributed by atoms with Crippen LogP contribution in [0.1, 0.15) is 26.2 Å². The summed E-state index contributed by atoms with van der Waals surface area (Å²) in [5, 5.41) is 3.31. The largest absolute Gasteiger partial charge is 0.449 e. The second-order valence-corrected chi connectivity index (χ2v) is 4.03. The molecular weight excluding hydrogens is 180 g/mol. The third kappa shape index (κ3) is 1.71. The van der Waals surface area contributed by atoms with E-state index in [0.29, 0.717) is 18.7 Å². The smallest absolute Gasteiger partial charge is 0.410 e. The van der Waals surface area contributed by atoms with Gasteiger partial charge in [-0.25, -0.2) is 4.79 Å². The van der Waals surface area contributed by atoms with Crippen molar-refractivity contribution in [2.24, 2.45) is 0 Å². The molecule has 0 saturated carbocycles. The van der Waals surface area contributed by atoms with Crippen molar-refractivity contribution in [1.82, 2.24) is 10.2 Å². The van der Waals surface area contributed by atoms with Crippen molar-refractivity contribution in [3.05, 3.63) is 0 Å². The summed E-state index contributed by atoms with van der Waals surface area (Å²) in [7, 11) is 0. The molecule has 2 fully saturated rings. The van der Waals surface area contributed by atoms with Crippen LogP contribution in [0.5, 0.6) is 0 Å². The second-order valence-electron chi connectivity index (χ2n) is 4.03. The molecule has 0 unspecified atom stereocenters. The maximum Gasteiger partial charge on any atom is 0.410 e. The molecule has 0 aromatic carbocycles. The van der Waals surface area contributed by atoms with Crippen LogP contribution in [0.2, 0.25) is 0 Å². The number of ether oxygens (including phenoxy) is 1. The van der Waals surface area contributed by atoms with Crippen molar-refractivity contribution >= 4 is 6.09 Å². The van der Waals surface area contributed by atoms with Gasteiger partial charge in [-0.3, -0.25) is 0 Å². The van der Waals surface area contributed by atoms with Gasteiger partial charge in [-0.1, -0.05) is 13.3 Å². The third-order valence-electron chi connectivity index (χ3n) is 3.09. The lowest BCUT2D eigenvalue weighted by atomic mass is 10.0. The highest BCUT2D eigenvalue weighted by Gasteiger charge is 2.43. The monoisotopic (exact) mass is 198 g/mol. The molecule has 1 amide bonds. The topological polar surface area (TPSA) is 41.6 Å². The highest BCUT2D eigenvalue weighted by Crippen LogP contribution is 2.24. The van der Waals surface area contributed by atoms with Crippen molar-refractivity contribution < 1.29 is 9.53 Å². The lowest BCUT2D eigenvalue weighted by molar-refractivity contribution is 0.0844. The van der Waals surface area contributed by atoms with E-state index in [-0.39, 0.29) is 6.09 Å². The fourth-order valence-corrected chi connectivity index (χ4v) is 2.07. The van der Waals surface area contributed by atoms with Crippen LogP contribution in [0.15, 0.2) is 0 Å². The molecule has 0 spiro atoms. The van der Waals surface area contributed by atoms with Crippen molar-refractivity contribution in [1.29, 1.82) is 0 Å². The number of carbonyl (C=O) groups is 1. The molecule has 0 bridgehead atoms. The molecule has 2 atom stereocenters. The first-order chi connectivity index (χ1) is 6.83. The number of amides is 1. The second kappa shape index (κ2) is 4.17. The first kappa shape index (κ1) is 9.77. The number of hydrogen-bond acceptors (Lipinski definition) is 3. The van der Waals surface area contributed by atoms with Crippen molar-refractivity contribution in [3.63, 3.8) is 0 Å². The Kier molecular flexibility index (Phi) is 2.91. The highest BCUT2D eigenvalue weighted by atomic mass is 16.6. The van der Waals surface area contributed by atoms with Crippen LogP contribution < -0.4 is 5.32 Å². The Morgan fingerprint density at radius 2 is 2.50 bits per heavy atom.